The van der Waals surface area contributed by atoms with Crippen LogP contribution in [0.15, 0.2) is 0 Å². The van der Waals surface area contributed by atoms with Crippen LogP contribution in [-0.4, -0.2) is 25.7 Å². The third-order valence-corrected chi connectivity index (χ3v) is 2.17. The fourth-order valence-electron chi connectivity index (χ4n) is 0.656. The standard InChI is InChI=1S/C5H13NO2S/c1-4-6(5(2)3)9(7)8/h5H,4H2,1-3H3,(H,7,8). The van der Waals surface area contributed by atoms with Crippen molar-refractivity contribution in [3.8, 4) is 0 Å². The van der Waals surface area contributed by atoms with E-state index in [1.54, 1.807) is 0 Å². The Bertz CT molecular complexity index is 105. The Hall–Kier alpha value is 0.0700. The summed E-state index contributed by atoms with van der Waals surface area (Å²) in [4.78, 5) is 0. The number of hydrogen-bond acceptors (Lipinski definition) is 1. The monoisotopic (exact) mass is 151 g/mol. The van der Waals surface area contributed by atoms with Gasteiger partial charge in [0.25, 0.3) is 0 Å². The zero-order valence-electron chi connectivity index (χ0n) is 6.00. The highest BCUT2D eigenvalue weighted by Gasteiger charge is 2.10. The van der Waals surface area contributed by atoms with Crippen LogP contribution < -0.4 is 0 Å². The van der Waals surface area contributed by atoms with Gasteiger partial charge in [-0.3, -0.25) is 4.55 Å². The molecule has 0 aliphatic heterocycles. The summed E-state index contributed by atoms with van der Waals surface area (Å²) in [6.07, 6.45) is 0. The minimum absolute atomic E-state index is 0.140. The lowest BCUT2D eigenvalue weighted by Crippen LogP contribution is -2.31. The van der Waals surface area contributed by atoms with Crippen LogP contribution in [0.2, 0.25) is 0 Å². The SMILES string of the molecule is CCN(C(C)C)S(=O)O. The van der Waals surface area contributed by atoms with E-state index >= 15 is 0 Å². The smallest absolute Gasteiger partial charge is 0.234 e. The van der Waals surface area contributed by atoms with Crippen LogP contribution in [0, 0.1) is 0 Å². The average Bonchev–Trinajstić information content (AvgIpc) is 1.64. The predicted molar refractivity (Wildman–Crippen MR) is 38.3 cm³/mol. The van der Waals surface area contributed by atoms with Crippen molar-refractivity contribution in [3.63, 3.8) is 0 Å². The van der Waals surface area contributed by atoms with Gasteiger partial charge in [-0.25, -0.2) is 4.21 Å². The summed E-state index contributed by atoms with van der Waals surface area (Å²) in [6.45, 7) is 6.24. The van der Waals surface area contributed by atoms with Gasteiger partial charge in [0.2, 0.25) is 11.3 Å². The fraction of sp³-hybridized carbons (Fsp3) is 1.00. The van der Waals surface area contributed by atoms with E-state index in [-0.39, 0.29) is 6.04 Å². The van der Waals surface area contributed by atoms with E-state index < -0.39 is 11.3 Å². The predicted octanol–water partition coefficient (Wildman–Crippen LogP) is 0.853. The first-order valence-corrected chi connectivity index (χ1v) is 4.03. The molecule has 0 saturated carbocycles. The molecule has 0 aliphatic rings. The van der Waals surface area contributed by atoms with Crippen molar-refractivity contribution in [1.82, 2.24) is 4.31 Å². The summed E-state index contributed by atoms with van der Waals surface area (Å²) in [5, 5.41) is 0. The van der Waals surface area contributed by atoms with E-state index in [9.17, 15) is 4.21 Å². The average molecular weight is 151 g/mol. The van der Waals surface area contributed by atoms with Crippen molar-refractivity contribution < 1.29 is 8.76 Å². The summed E-state index contributed by atoms with van der Waals surface area (Å²) < 4.78 is 20.5. The molecule has 0 amide bonds. The third kappa shape index (κ3) is 2.93. The minimum atomic E-state index is -1.80. The van der Waals surface area contributed by atoms with Crippen molar-refractivity contribution in [3.05, 3.63) is 0 Å². The molecule has 0 aliphatic carbocycles. The van der Waals surface area contributed by atoms with Gasteiger partial charge in [-0.15, -0.1) is 0 Å². The molecule has 0 bridgehead atoms. The van der Waals surface area contributed by atoms with Crippen molar-refractivity contribution >= 4 is 11.3 Å². The molecule has 0 heterocycles. The second-order valence-corrected chi connectivity index (χ2v) is 2.99. The Morgan fingerprint density at radius 1 is 1.67 bits per heavy atom. The van der Waals surface area contributed by atoms with E-state index in [2.05, 4.69) is 0 Å². The van der Waals surface area contributed by atoms with Crippen LogP contribution >= 0.6 is 0 Å². The van der Waals surface area contributed by atoms with Crippen LogP contribution in [0.5, 0.6) is 0 Å². The van der Waals surface area contributed by atoms with E-state index in [4.69, 9.17) is 4.55 Å². The Morgan fingerprint density at radius 2 is 2.11 bits per heavy atom. The molecule has 56 valence electrons. The lowest BCUT2D eigenvalue weighted by molar-refractivity contribution is 0.358. The molecule has 0 spiro atoms. The van der Waals surface area contributed by atoms with E-state index in [1.807, 2.05) is 20.8 Å². The molecule has 3 nitrogen and oxygen atoms in total. The van der Waals surface area contributed by atoms with Crippen LogP contribution in [0.1, 0.15) is 20.8 Å². The normalized spacial score (nSPS) is 14.9. The van der Waals surface area contributed by atoms with Gasteiger partial charge in [-0.1, -0.05) is 6.92 Å². The lowest BCUT2D eigenvalue weighted by atomic mass is 10.4. The molecule has 0 aromatic heterocycles. The van der Waals surface area contributed by atoms with Crippen LogP contribution in [-0.2, 0) is 11.3 Å². The Kier molecular flexibility index (Phi) is 4.01. The van der Waals surface area contributed by atoms with Gasteiger partial charge in [-0.05, 0) is 13.8 Å². The molecule has 0 aromatic rings. The van der Waals surface area contributed by atoms with E-state index in [0.717, 1.165) is 0 Å². The summed E-state index contributed by atoms with van der Waals surface area (Å²) in [5.74, 6) is 0. The van der Waals surface area contributed by atoms with Gasteiger partial charge < -0.3 is 0 Å². The third-order valence-electron chi connectivity index (χ3n) is 1.09. The Balaban J connectivity index is 3.83. The topological polar surface area (TPSA) is 40.5 Å². The van der Waals surface area contributed by atoms with Crippen LogP contribution in [0.25, 0.3) is 0 Å². The maximum atomic E-state index is 10.4. The zero-order valence-corrected chi connectivity index (χ0v) is 6.81. The van der Waals surface area contributed by atoms with Crippen LogP contribution in [0.3, 0.4) is 0 Å². The lowest BCUT2D eigenvalue weighted by Gasteiger charge is -2.18. The summed E-state index contributed by atoms with van der Waals surface area (Å²) >= 11 is -1.80. The second kappa shape index (κ2) is 3.98. The van der Waals surface area contributed by atoms with Gasteiger partial charge in [0.15, 0.2) is 0 Å². The van der Waals surface area contributed by atoms with Gasteiger partial charge in [-0.2, -0.15) is 4.31 Å². The molecule has 1 atom stereocenters. The maximum Gasteiger partial charge on any atom is 0.234 e. The van der Waals surface area contributed by atoms with Crippen molar-refractivity contribution in [1.29, 1.82) is 0 Å². The van der Waals surface area contributed by atoms with Gasteiger partial charge >= 0.3 is 0 Å². The molecular formula is C5H13NO2S. The van der Waals surface area contributed by atoms with E-state index in [1.165, 1.54) is 4.31 Å². The first-order valence-electron chi connectivity index (χ1n) is 2.97. The van der Waals surface area contributed by atoms with Gasteiger partial charge in [0, 0.05) is 12.6 Å². The van der Waals surface area contributed by atoms with E-state index in [0.29, 0.717) is 6.54 Å². The van der Waals surface area contributed by atoms with Gasteiger partial charge in [0.05, 0.1) is 0 Å². The Morgan fingerprint density at radius 3 is 2.11 bits per heavy atom. The Labute approximate surface area is 58.5 Å². The van der Waals surface area contributed by atoms with Gasteiger partial charge in [0.1, 0.15) is 0 Å². The highest BCUT2D eigenvalue weighted by atomic mass is 32.2. The largest absolute Gasteiger partial charge is 0.294 e. The molecule has 0 rings (SSSR count). The van der Waals surface area contributed by atoms with Crippen molar-refractivity contribution in [2.45, 2.75) is 26.8 Å². The minimum Gasteiger partial charge on any atom is -0.294 e. The first kappa shape index (κ1) is 9.07. The molecule has 9 heavy (non-hydrogen) atoms. The highest BCUT2D eigenvalue weighted by molar-refractivity contribution is 7.76. The quantitative estimate of drug-likeness (QED) is 0.607. The molecule has 0 radical (unpaired) electrons. The summed E-state index contributed by atoms with van der Waals surface area (Å²) in [5.41, 5.74) is 0. The van der Waals surface area contributed by atoms with Crippen molar-refractivity contribution in [2.75, 3.05) is 6.54 Å². The molecule has 1 N–H and O–H groups in total. The second-order valence-electron chi connectivity index (χ2n) is 2.06. The van der Waals surface area contributed by atoms with Crippen molar-refractivity contribution in [2.24, 2.45) is 0 Å². The molecule has 0 fully saturated rings. The summed E-state index contributed by atoms with van der Waals surface area (Å²) in [7, 11) is 0. The molecule has 4 heteroatoms. The molecule has 0 saturated heterocycles. The molecule has 1 unspecified atom stereocenters. The zero-order chi connectivity index (χ0) is 7.44. The fourth-order valence-corrected chi connectivity index (χ4v) is 1.24. The first-order chi connectivity index (χ1) is 4.09. The number of nitrogens with zero attached hydrogens (tertiary/aromatic N) is 1. The van der Waals surface area contributed by atoms with Crippen LogP contribution in [0.4, 0.5) is 0 Å². The number of hydrogen-bond donors (Lipinski definition) is 1. The molecular weight excluding hydrogens is 138 g/mol. The number of rotatable bonds is 3. The highest BCUT2D eigenvalue weighted by Crippen LogP contribution is 1.98. The molecule has 0 aromatic carbocycles. The maximum absolute atomic E-state index is 10.4. The summed E-state index contributed by atoms with van der Waals surface area (Å²) in [6, 6.07) is 0.140.